The number of methoxy groups -OCH3 is 1. The van der Waals surface area contributed by atoms with E-state index in [4.69, 9.17) is 9.73 Å². The fraction of sp³-hybridized carbons (Fsp3) is 0.391. The number of aliphatic imine (C=N–C) groups is 1. The number of piperazine rings is 1. The van der Waals surface area contributed by atoms with Crippen molar-refractivity contribution in [2.24, 2.45) is 4.99 Å². The molecule has 0 bridgehead atoms. The van der Waals surface area contributed by atoms with Gasteiger partial charge in [-0.15, -0.1) is 0 Å². The maximum Gasteiger partial charge on any atom is 0.194 e. The highest BCUT2D eigenvalue weighted by molar-refractivity contribution is 5.80. The number of hydrogen-bond acceptors (Lipinski definition) is 4. The molecule has 4 rings (SSSR count). The van der Waals surface area contributed by atoms with Gasteiger partial charge in [-0.2, -0.15) is 0 Å². The lowest BCUT2D eigenvalue weighted by Gasteiger charge is -2.37. The number of rotatable bonds is 6. The minimum Gasteiger partial charge on any atom is -0.497 e. The predicted octanol–water partition coefficient (Wildman–Crippen LogP) is 2.90. The predicted molar refractivity (Wildman–Crippen MR) is 123 cm³/mol. The summed E-state index contributed by atoms with van der Waals surface area (Å²) >= 11 is 0. The summed E-state index contributed by atoms with van der Waals surface area (Å²) in [5.41, 5.74) is 3.33. The van der Waals surface area contributed by atoms with Gasteiger partial charge in [0.15, 0.2) is 5.96 Å². The van der Waals surface area contributed by atoms with Crippen LogP contribution in [0.3, 0.4) is 0 Å². The molecule has 2 aromatic carbocycles. The molecule has 158 valence electrons. The molecule has 7 heteroatoms. The van der Waals surface area contributed by atoms with Crippen molar-refractivity contribution in [3.8, 4) is 5.75 Å². The third-order valence-electron chi connectivity index (χ3n) is 5.40. The highest BCUT2D eigenvalue weighted by Crippen LogP contribution is 2.20. The van der Waals surface area contributed by atoms with Crippen molar-refractivity contribution in [2.75, 3.05) is 51.3 Å². The standard InChI is InChI=1S/C23H30N6O/c1-3-24-23(25-13-12-22-26-20-6-4-5-7-21(20)27-22)29-16-14-28(15-17-29)18-8-10-19(30-2)11-9-18/h4-11H,3,12-17H2,1-2H3,(H,24,25)(H,26,27). The first-order valence-electron chi connectivity index (χ1n) is 10.6. The molecule has 0 atom stereocenters. The van der Waals surface area contributed by atoms with Crippen LogP contribution in [0.25, 0.3) is 11.0 Å². The third-order valence-corrected chi connectivity index (χ3v) is 5.40. The Kier molecular flexibility index (Phi) is 6.37. The van der Waals surface area contributed by atoms with Crippen molar-refractivity contribution in [1.82, 2.24) is 20.2 Å². The van der Waals surface area contributed by atoms with Crippen molar-refractivity contribution in [2.45, 2.75) is 13.3 Å². The molecule has 1 fully saturated rings. The molecule has 0 radical (unpaired) electrons. The summed E-state index contributed by atoms with van der Waals surface area (Å²) in [5.74, 6) is 2.87. The minimum absolute atomic E-state index is 0.709. The zero-order valence-corrected chi connectivity index (χ0v) is 17.8. The topological polar surface area (TPSA) is 68.8 Å². The fourth-order valence-electron chi connectivity index (χ4n) is 3.79. The second-order valence-electron chi connectivity index (χ2n) is 7.36. The summed E-state index contributed by atoms with van der Waals surface area (Å²) in [6.45, 7) is 7.52. The first-order valence-corrected chi connectivity index (χ1v) is 10.6. The third kappa shape index (κ3) is 4.67. The van der Waals surface area contributed by atoms with Gasteiger partial charge in [-0.25, -0.2) is 4.98 Å². The molecule has 0 aliphatic carbocycles. The molecule has 0 spiro atoms. The fourth-order valence-corrected chi connectivity index (χ4v) is 3.79. The number of nitrogens with zero attached hydrogens (tertiary/aromatic N) is 4. The maximum atomic E-state index is 5.26. The number of hydrogen-bond donors (Lipinski definition) is 2. The second-order valence-corrected chi connectivity index (χ2v) is 7.36. The van der Waals surface area contributed by atoms with Gasteiger partial charge in [0.1, 0.15) is 11.6 Å². The van der Waals surface area contributed by atoms with Crippen LogP contribution >= 0.6 is 0 Å². The molecule has 0 amide bonds. The van der Waals surface area contributed by atoms with Gasteiger partial charge in [-0.05, 0) is 43.3 Å². The van der Waals surface area contributed by atoms with Crippen molar-refractivity contribution < 1.29 is 4.74 Å². The van der Waals surface area contributed by atoms with Crippen LogP contribution in [0.4, 0.5) is 5.69 Å². The summed E-state index contributed by atoms with van der Waals surface area (Å²) < 4.78 is 5.26. The van der Waals surface area contributed by atoms with Gasteiger partial charge in [0, 0.05) is 51.4 Å². The molecule has 1 aliphatic rings. The monoisotopic (exact) mass is 406 g/mol. The average molecular weight is 407 g/mol. The van der Waals surface area contributed by atoms with Crippen LogP contribution in [0.5, 0.6) is 5.75 Å². The smallest absolute Gasteiger partial charge is 0.194 e. The van der Waals surface area contributed by atoms with E-state index >= 15 is 0 Å². The minimum atomic E-state index is 0.709. The number of H-pyrrole nitrogens is 1. The van der Waals surface area contributed by atoms with Crippen LogP contribution in [-0.4, -0.2) is 67.2 Å². The Labute approximate surface area is 177 Å². The number of aromatic nitrogens is 2. The summed E-state index contributed by atoms with van der Waals surface area (Å²) in [6.07, 6.45) is 0.801. The van der Waals surface area contributed by atoms with Gasteiger partial charge in [0.05, 0.1) is 18.1 Å². The Morgan fingerprint density at radius 1 is 1.10 bits per heavy atom. The van der Waals surface area contributed by atoms with Crippen molar-refractivity contribution >= 4 is 22.7 Å². The first-order chi connectivity index (χ1) is 14.8. The summed E-state index contributed by atoms with van der Waals surface area (Å²) in [6, 6.07) is 16.4. The number of ether oxygens (including phenoxy) is 1. The van der Waals surface area contributed by atoms with Crippen LogP contribution in [0, 0.1) is 0 Å². The average Bonchev–Trinajstić information content (AvgIpc) is 3.21. The van der Waals surface area contributed by atoms with Gasteiger partial charge >= 0.3 is 0 Å². The van der Waals surface area contributed by atoms with E-state index in [0.717, 1.165) is 67.7 Å². The van der Waals surface area contributed by atoms with Crippen LogP contribution < -0.4 is 15.0 Å². The Balaban J connectivity index is 1.34. The van der Waals surface area contributed by atoms with Crippen molar-refractivity contribution in [3.05, 3.63) is 54.4 Å². The lowest BCUT2D eigenvalue weighted by Crippen LogP contribution is -2.52. The molecular formula is C23H30N6O. The van der Waals surface area contributed by atoms with Gasteiger partial charge in [0.25, 0.3) is 0 Å². The maximum absolute atomic E-state index is 5.26. The molecule has 1 aromatic heterocycles. The Morgan fingerprint density at radius 2 is 1.87 bits per heavy atom. The molecule has 0 saturated carbocycles. The van der Waals surface area contributed by atoms with Crippen molar-refractivity contribution in [1.29, 1.82) is 0 Å². The Bertz CT molecular complexity index is 940. The van der Waals surface area contributed by atoms with E-state index in [1.54, 1.807) is 7.11 Å². The highest BCUT2D eigenvalue weighted by Gasteiger charge is 2.19. The molecule has 2 N–H and O–H groups in total. The van der Waals surface area contributed by atoms with E-state index in [2.05, 4.69) is 50.2 Å². The molecular weight excluding hydrogens is 376 g/mol. The SMILES string of the molecule is CCNC(=NCCc1nc2ccccc2[nH]1)N1CCN(c2ccc(OC)cc2)CC1. The van der Waals surface area contributed by atoms with Crippen LogP contribution in [0.15, 0.2) is 53.5 Å². The van der Waals surface area contributed by atoms with Crippen molar-refractivity contribution in [3.63, 3.8) is 0 Å². The second kappa shape index (κ2) is 9.52. The van der Waals surface area contributed by atoms with Gasteiger partial charge in [-0.3, -0.25) is 4.99 Å². The van der Waals surface area contributed by atoms with E-state index < -0.39 is 0 Å². The van der Waals surface area contributed by atoms with E-state index in [0.29, 0.717) is 6.54 Å². The van der Waals surface area contributed by atoms with E-state index in [1.807, 2.05) is 30.3 Å². The summed E-state index contributed by atoms with van der Waals surface area (Å²) in [4.78, 5) is 17.7. The van der Waals surface area contributed by atoms with Crippen LogP contribution in [0.1, 0.15) is 12.7 Å². The number of aromatic amines is 1. The first kappa shape index (κ1) is 20.1. The zero-order chi connectivity index (χ0) is 20.8. The molecule has 30 heavy (non-hydrogen) atoms. The number of para-hydroxylation sites is 2. The van der Waals surface area contributed by atoms with Crippen LogP contribution in [0.2, 0.25) is 0 Å². The number of nitrogens with one attached hydrogen (secondary N) is 2. The van der Waals surface area contributed by atoms with E-state index in [9.17, 15) is 0 Å². The number of fused-ring (bicyclic) bond motifs is 1. The lowest BCUT2D eigenvalue weighted by molar-refractivity contribution is 0.372. The molecule has 0 unspecified atom stereocenters. The quantitative estimate of drug-likeness (QED) is 0.487. The largest absolute Gasteiger partial charge is 0.497 e. The molecule has 7 nitrogen and oxygen atoms in total. The highest BCUT2D eigenvalue weighted by atomic mass is 16.5. The van der Waals surface area contributed by atoms with E-state index in [1.165, 1.54) is 5.69 Å². The molecule has 2 heterocycles. The lowest BCUT2D eigenvalue weighted by atomic mass is 10.2. The Morgan fingerprint density at radius 3 is 2.57 bits per heavy atom. The number of guanidine groups is 1. The van der Waals surface area contributed by atoms with Gasteiger partial charge < -0.3 is 24.8 Å². The summed E-state index contributed by atoms with van der Waals surface area (Å²) in [7, 11) is 1.70. The normalized spacial score (nSPS) is 14.9. The Hall–Kier alpha value is -3.22. The van der Waals surface area contributed by atoms with Gasteiger partial charge in [0.2, 0.25) is 0 Å². The summed E-state index contributed by atoms with van der Waals surface area (Å²) in [5, 5.41) is 3.45. The number of anilines is 1. The molecule has 3 aromatic rings. The van der Waals surface area contributed by atoms with E-state index in [-0.39, 0.29) is 0 Å². The zero-order valence-electron chi connectivity index (χ0n) is 17.8. The van der Waals surface area contributed by atoms with Gasteiger partial charge in [-0.1, -0.05) is 12.1 Å². The molecule has 1 aliphatic heterocycles. The van der Waals surface area contributed by atoms with Crippen LogP contribution in [-0.2, 0) is 6.42 Å². The number of imidazole rings is 1. The molecule has 1 saturated heterocycles. The number of benzene rings is 2.